The summed E-state index contributed by atoms with van der Waals surface area (Å²) in [6.45, 7) is 0. The van der Waals surface area contributed by atoms with Crippen molar-refractivity contribution in [1.82, 2.24) is 9.78 Å². The molecule has 0 radical (unpaired) electrons. The fourth-order valence-electron chi connectivity index (χ4n) is 1.20. The van der Waals surface area contributed by atoms with Gasteiger partial charge in [0, 0.05) is 0 Å². The van der Waals surface area contributed by atoms with E-state index in [4.69, 9.17) is 5.73 Å². The number of hydrogen-bond donors (Lipinski definition) is 3. The van der Waals surface area contributed by atoms with Gasteiger partial charge in [-0.1, -0.05) is 18.2 Å². The number of rotatable bonds is 1. The molecule has 0 saturated heterocycles. The number of aromatic amines is 1. The predicted molar refractivity (Wildman–Crippen MR) is 52.5 cm³/mol. The quantitative estimate of drug-likeness (QED) is 0.612. The normalized spacial score (nSPS) is 10.3. The summed E-state index contributed by atoms with van der Waals surface area (Å²) < 4.78 is 1.19. The zero-order chi connectivity index (χ0) is 10.1. The highest BCUT2D eigenvalue weighted by atomic mass is 16.3. The monoisotopic (exact) mass is 191 g/mol. The molecule has 0 aliphatic heterocycles. The van der Waals surface area contributed by atoms with Crippen LogP contribution in [0.3, 0.4) is 0 Å². The number of benzene rings is 1. The maximum Gasteiger partial charge on any atom is 0.315 e. The van der Waals surface area contributed by atoms with Crippen LogP contribution in [0.5, 0.6) is 5.75 Å². The van der Waals surface area contributed by atoms with Gasteiger partial charge in [-0.25, -0.2) is 4.68 Å². The summed E-state index contributed by atoms with van der Waals surface area (Å²) >= 11 is 0. The molecule has 14 heavy (non-hydrogen) atoms. The van der Waals surface area contributed by atoms with E-state index < -0.39 is 11.3 Å². The molecule has 0 saturated carbocycles. The Bertz CT molecular complexity index is 499. The molecule has 2 aromatic rings. The van der Waals surface area contributed by atoms with Gasteiger partial charge < -0.3 is 10.8 Å². The molecule has 5 nitrogen and oxygen atoms in total. The SMILES string of the molecule is Nc1[nH]n(-c2ccccc2)c(=O)c1O. The third-order valence-electron chi connectivity index (χ3n) is 1.91. The van der Waals surface area contributed by atoms with Crippen molar-refractivity contribution in [3.05, 3.63) is 40.7 Å². The average molecular weight is 191 g/mol. The predicted octanol–water partition coefficient (Wildman–Crippen LogP) is 0.453. The highest BCUT2D eigenvalue weighted by molar-refractivity contribution is 5.45. The lowest BCUT2D eigenvalue weighted by atomic mass is 10.3. The number of nitrogens with two attached hydrogens (primary N) is 1. The summed E-state index contributed by atoms with van der Waals surface area (Å²) in [5.74, 6) is -0.479. The molecule has 0 amide bonds. The largest absolute Gasteiger partial charge is 0.500 e. The van der Waals surface area contributed by atoms with Crippen LogP contribution in [0.15, 0.2) is 35.1 Å². The molecule has 0 atom stereocenters. The summed E-state index contributed by atoms with van der Waals surface area (Å²) in [6.07, 6.45) is 0. The summed E-state index contributed by atoms with van der Waals surface area (Å²) in [5, 5.41) is 11.8. The van der Waals surface area contributed by atoms with Crippen LogP contribution in [0.25, 0.3) is 5.69 Å². The number of H-pyrrole nitrogens is 1. The molecule has 1 aromatic carbocycles. The summed E-state index contributed by atoms with van der Waals surface area (Å²) in [6, 6.07) is 8.87. The lowest BCUT2D eigenvalue weighted by Gasteiger charge is -1.98. The molecule has 0 aliphatic carbocycles. The molecular formula is C9H9N3O2. The van der Waals surface area contributed by atoms with Gasteiger partial charge in [-0.05, 0) is 12.1 Å². The number of nitrogen functional groups attached to an aromatic ring is 1. The fraction of sp³-hybridized carbons (Fsp3) is 0. The van der Waals surface area contributed by atoms with Crippen LogP contribution in [0.4, 0.5) is 5.82 Å². The molecule has 0 fully saturated rings. The molecule has 1 aromatic heterocycles. The van der Waals surface area contributed by atoms with Crippen LogP contribution in [0, 0.1) is 0 Å². The maximum absolute atomic E-state index is 11.4. The van der Waals surface area contributed by atoms with Gasteiger partial charge in [0.25, 0.3) is 0 Å². The molecule has 0 unspecified atom stereocenters. The van der Waals surface area contributed by atoms with Crippen molar-refractivity contribution in [2.24, 2.45) is 0 Å². The van der Waals surface area contributed by atoms with Gasteiger partial charge in [-0.15, -0.1) is 0 Å². The average Bonchev–Trinajstić information content (AvgIpc) is 2.47. The third kappa shape index (κ3) is 1.15. The maximum atomic E-state index is 11.4. The van der Waals surface area contributed by atoms with Crippen molar-refractivity contribution in [2.45, 2.75) is 0 Å². The highest BCUT2D eigenvalue weighted by Gasteiger charge is 2.10. The summed E-state index contributed by atoms with van der Waals surface area (Å²) in [5.41, 5.74) is 5.43. The van der Waals surface area contributed by atoms with E-state index in [1.807, 2.05) is 6.07 Å². The van der Waals surface area contributed by atoms with Crippen LogP contribution >= 0.6 is 0 Å². The first-order valence-electron chi connectivity index (χ1n) is 4.05. The first-order valence-corrected chi connectivity index (χ1v) is 4.05. The Morgan fingerprint density at radius 2 is 1.93 bits per heavy atom. The number of hydrogen-bond acceptors (Lipinski definition) is 3. The molecule has 72 valence electrons. The molecule has 2 rings (SSSR count). The van der Waals surface area contributed by atoms with Crippen LogP contribution in [-0.2, 0) is 0 Å². The van der Waals surface area contributed by atoms with Gasteiger partial charge in [-0.2, -0.15) is 0 Å². The van der Waals surface area contributed by atoms with E-state index in [1.165, 1.54) is 4.68 Å². The second kappa shape index (κ2) is 2.95. The van der Waals surface area contributed by atoms with Gasteiger partial charge in [0.15, 0.2) is 5.82 Å². The van der Waals surface area contributed by atoms with E-state index in [-0.39, 0.29) is 5.82 Å². The van der Waals surface area contributed by atoms with Gasteiger partial charge in [0.2, 0.25) is 5.75 Å². The third-order valence-corrected chi connectivity index (χ3v) is 1.91. The van der Waals surface area contributed by atoms with Gasteiger partial charge >= 0.3 is 5.56 Å². The lowest BCUT2D eigenvalue weighted by Crippen LogP contribution is -2.13. The Morgan fingerprint density at radius 3 is 2.43 bits per heavy atom. The number of nitrogens with zero attached hydrogens (tertiary/aromatic N) is 1. The Labute approximate surface area is 79.4 Å². The van der Waals surface area contributed by atoms with Crippen molar-refractivity contribution in [3.63, 3.8) is 0 Å². The summed E-state index contributed by atoms with van der Waals surface area (Å²) in [4.78, 5) is 11.4. The van der Waals surface area contributed by atoms with E-state index in [2.05, 4.69) is 5.10 Å². The van der Waals surface area contributed by atoms with E-state index >= 15 is 0 Å². The number of anilines is 1. The van der Waals surface area contributed by atoms with E-state index in [0.29, 0.717) is 5.69 Å². The molecular weight excluding hydrogens is 182 g/mol. The fourth-order valence-corrected chi connectivity index (χ4v) is 1.20. The van der Waals surface area contributed by atoms with E-state index in [9.17, 15) is 9.90 Å². The van der Waals surface area contributed by atoms with E-state index in [1.54, 1.807) is 24.3 Å². The van der Waals surface area contributed by atoms with E-state index in [0.717, 1.165) is 0 Å². The number of para-hydroxylation sites is 1. The Hall–Kier alpha value is -2.17. The minimum atomic E-state index is -0.547. The van der Waals surface area contributed by atoms with Gasteiger partial charge in [-0.3, -0.25) is 9.89 Å². The lowest BCUT2D eigenvalue weighted by molar-refractivity contribution is 0.472. The summed E-state index contributed by atoms with van der Waals surface area (Å²) in [7, 11) is 0. The van der Waals surface area contributed by atoms with Gasteiger partial charge in [0.1, 0.15) is 0 Å². The zero-order valence-corrected chi connectivity index (χ0v) is 7.27. The van der Waals surface area contributed by atoms with Gasteiger partial charge in [0.05, 0.1) is 5.69 Å². The number of nitrogens with one attached hydrogen (secondary N) is 1. The minimum Gasteiger partial charge on any atom is -0.500 e. The van der Waals surface area contributed by atoms with Crippen LogP contribution in [-0.4, -0.2) is 14.9 Å². The molecule has 1 heterocycles. The van der Waals surface area contributed by atoms with Crippen LogP contribution < -0.4 is 11.3 Å². The highest BCUT2D eigenvalue weighted by Crippen LogP contribution is 2.12. The first-order chi connectivity index (χ1) is 6.70. The van der Waals surface area contributed by atoms with Crippen molar-refractivity contribution in [3.8, 4) is 11.4 Å². The molecule has 0 spiro atoms. The van der Waals surface area contributed by atoms with Crippen molar-refractivity contribution >= 4 is 5.82 Å². The molecule has 4 N–H and O–H groups in total. The second-order valence-electron chi connectivity index (χ2n) is 2.85. The second-order valence-corrected chi connectivity index (χ2v) is 2.85. The number of aromatic hydroxyl groups is 1. The number of aromatic nitrogens is 2. The minimum absolute atomic E-state index is 0.0288. The Morgan fingerprint density at radius 1 is 1.29 bits per heavy atom. The molecule has 0 bridgehead atoms. The first kappa shape index (κ1) is 8.43. The van der Waals surface area contributed by atoms with Crippen molar-refractivity contribution in [1.29, 1.82) is 0 Å². The van der Waals surface area contributed by atoms with Crippen LogP contribution in [0.2, 0.25) is 0 Å². The zero-order valence-electron chi connectivity index (χ0n) is 7.27. The van der Waals surface area contributed by atoms with Crippen molar-refractivity contribution in [2.75, 3.05) is 5.73 Å². The standard InChI is InChI=1S/C9H9N3O2/c10-8-7(13)9(14)12(11-8)6-4-2-1-3-5-6/h1-5,11,13H,10H2. The molecule has 0 aliphatic rings. The smallest absolute Gasteiger partial charge is 0.315 e. The molecule has 5 heteroatoms. The topological polar surface area (TPSA) is 84.0 Å². The van der Waals surface area contributed by atoms with Crippen molar-refractivity contribution < 1.29 is 5.11 Å². The Kier molecular flexibility index (Phi) is 1.78. The van der Waals surface area contributed by atoms with Crippen LogP contribution in [0.1, 0.15) is 0 Å². The Balaban J connectivity index is 2.64.